The number of fused-ring (bicyclic) bond motifs is 1. The number of amides is 1. The van der Waals surface area contributed by atoms with Crippen molar-refractivity contribution in [2.75, 3.05) is 38.0 Å². The summed E-state index contributed by atoms with van der Waals surface area (Å²) in [5.41, 5.74) is 3.07. The molecule has 35 heavy (non-hydrogen) atoms. The number of rotatable bonds is 7. The highest BCUT2D eigenvalue weighted by atomic mass is 35.5. The van der Waals surface area contributed by atoms with Gasteiger partial charge < -0.3 is 5.32 Å². The Hall–Kier alpha value is -1.98. The van der Waals surface area contributed by atoms with Crippen molar-refractivity contribution in [3.8, 4) is 6.07 Å². The summed E-state index contributed by atoms with van der Waals surface area (Å²) < 4.78 is 13.4. The van der Waals surface area contributed by atoms with Crippen molar-refractivity contribution in [1.29, 1.82) is 5.26 Å². The summed E-state index contributed by atoms with van der Waals surface area (Å²) in [4.78, 5) is 18.5. The first kappa shape index (κ1) is 26.1. The fraction of sp³-hybridized carbons (Fsp3) is 0.556. The van der Waals surface area contributed by atoms with Gasteiger partial charge in [-0.3, -0.25) is 14.6 Å². The van der Waals surface area contributed by atoms with Crippen LogP contribution in [0.25, 0.3) is 0 Å². The lowest BCUT2D eigenvalue weighted by Crippen LogP contribution is -2.48. The van der Waals surface area contributed by atoms with Gasteiger partial charge in [0.25, 0.3) is 0 Å². The van der Waals surface area contributed by atoms with Crippen LogP contribution in [0.4, 0.5) is 9.39 Å². The first-order valence-corrected chi connectivity index (χ1v) is 13.6. The second-order valence-corrected chi connectivity index (χ2v) is 12.0. The van der Waals surface area contributed by atoms with E-state index in [-0.39, 0.29) is 16.3 Å². The second kappa shape index (κ2) is 11.0. The summed E-state index contributed by atoms with van der Waals surface area (Å²) in [5, 5.41) is 13.7. The summed E-state index contributed by atoms with van der Waals surface area (Å²) >= 11 is 7.49. The zero-order valence-corrected chi connectivity index (χ0v) is 22.4. The number of piperazine rings is 1. The quantitative estimate of drug-likeness (QED) is 0.512. The van der Waals surface area contributed by atoms with Crippen LogP contribution in [0.2, 0.25) is 5.02 Å². The molecule has 2 aromatic rings. The largest absolute Gasteiger partial charge is 0.315 e. The standard InChI is InChI=1S/C27H34ClFN4OS/c1-4-27(2,3)19-6-7-20-21(15-30)26(35-24(20)14-19)31-25(34)17-33-11-9-32(10-12-33)16-18-5-8-23(29)22(28)13-18/h5,8,13,19H,4,6-7,9-12,14,16-17H2,1-3H3,(H,31,34). The number of hydrogen-bond acceptors (Lipinski definition) is 5. The summed E-state index contributed by atoms with van der Waals surface area (Å²) in [6.07, 6.45) is 4.14. The van der Waals surface area contributed by atoms with Gasteiger partial charge in [0.1, 0.15) is 16.9 Å². The van der Waals surface area contributed by atoms with Gasteiger partial charge in [0.2, 0.25) is 5.91 Å². The van der Waals surface area contributed by atoms with Gasteiger partial charge in [0.05, 0.1) is 17.1 Å². The zero-order chi connectivity index (χ0) is 25.2. The molecule has 1 aliphatic carbocycles. The van der Waals surface area contributed by atoms with Crippen LogP contribution in [-0.2, 0) is 24.2 Å². The number of anilines is 1. The minimum atomic E-state index is -0.401. The smallest absolute Gasteiger partial charge is 0.239 e. The first-order valence-electron chi connectivity index (χ1n) is 12.4. The molecule has 0 radical (unpaired) electrons. The molecule has 1 amide bonds. The maximum Gasteiger partial charge on any atom is 0.239 e. The Morgan fingerprint density at radius 3 is 2.66 bits per heavy atom. The third-order valence-corrected chi connectivity index (χ3v) is 9.33. The number of carbonyl (C=O) groups is 1. The van der Waals surface area contributed by atoms with Gasteiger partial charge in [-0.25, -0.2) is 4.39 Å². The average Bonchev–Trinajstić information content (AvgIpc) is 3.18. The van der Waals surface area contributed by atoms with Gasteiger partial charge >= 0.3 is 0 Å². The van der Waals surface area contributed by atoms with Crippen LogP contribution in [0, 0.1) is 28.5 Å². The van der Waals surface area contributed by atoms with E-state index < -0.39 is 5.82 Å². The topological polar surface area (TPSA) is 59.4 Å². The van der Waals surface area contributed by atoms with Crippen LogP contribution in [0.15, 0.2) is 18.2 Å². The molecule has 4 rings (SSSR count). The lowest BCUT2D eigenvalue weighted by molar-refractivity contribution is -0.117. The van der Waals surface area contributed by atoms with E-state index >= 15 is 0 Å². The Balaban J connectivity index is 1.31. The number of carbonyl (C=O) groups excluding carboxylic acids is 1. The molecule has 1 aromatic carbocycles. The summed E-state index contributed by atoms with van der Waals surface area (Å²) in [6, 6.07) is 7.20. The Bertz CT molecular complexity index is 1120. The van der Waals surface area contributed by atoms with E-state index in [1.54, 1.807) is 23.5 Å². The normalized spacial score (nSPS) is 19.3. The van der Waals surface area contributed by atoms with E-state index in [1.165, 1.54) is 10.9 Å². The molecule has 0 saturated carbocycles. The highest BCUT2D eigenvalue weighted by Gasteiger charge is 2.34. The number of thiophene rings is 1. The molecule has 1 aromatic heterocycles. The number of benzene rings is 1. The lowest BCUT2D eigenvalue weighted by Gasteiger charge is -2.36. The molecule has 0 bridgehead atoms. The van der Waals surface area contributed by atoms with E-state index in [4.69, 9.17) is 11.6 Å². The van der Waals surface area contributed by atoms with Crippen LogP contribution < -0.4 is 5.32 Å². The Morgan fingerprint density at radius 1 is 1.29 bits per heavy atom. The maximum atomic E-state index is 13.4. The number of halogens is 2. The molecule has 5 nitrogen and oxygen atoms in total. The van der Waals surface area contributed by atoms with Crippen molar-refractivity contribution in [2.45, 2.75) is 53.0 Å². The van der Waals surface area contributed by atoms with Gasteiger partial charge in [-0.1, -0.05) is 44.9 Å². The monoisotopic (exact) mass is 516 g/mol. The van der Waals surface area contributed by atoms with E-state index in [1.807, 2.05) is 0 Å². The van der Waals surface area contributed by atoms with Crippen LogP contribution in [0.1, 0.15) is 55.2 Å². The number of hydrogen-bond donors (Lipinski definition) is 1. The third-order valence-electron chi connectivity index (χ3n) is 7.87. The Kier molecular flexibility index (Phi) is 8.17. The molecule has 1 aliphatic heterocycles. The Labute approximate surface area is 216 Å². The lowest BCUT2D eigenvalue weighted by atomic mass is 9.69. The molecule has 1 N–H and O–H groups in total. The van der Waals surface area contributed by atoms with E-state index in [0.29, 0.717) is 29.6 Å². The number of nitrogens with zero attached hydrogens (tertiary/aromatic N) is 3. The van der Waals surface area contributed by atoms with Gasteiger partial charge in [0.15, 0.2) is 0 Å². The predicted molar refractivity (Wildman–Crippen MR) is 140 cm³/mol. The van der Waals surface area contributed by atoms with Crippen LogP contribution in [0.5, 0.6) is 0 Å². The summed E-state index contributed by atoms with van der Waals surface area (Å²) in [5.74, 6) is 0.141. The average molecular weight is 517 g/mol. The highest BCUT2D eigenvalue weighted by molar-refractivity contribution is 7.16. The number of nitrogens with one attached hydrogen (secondary N) is 1. The molecule has 0 spiro atoms. The molecule has 1 saturated heterocycles. The van der Waals surface area contributed by atoms with Gasteiger partial charge in [-0.2, -0.15) is 5.26 Å². The van der Waals surface area contributed by atoms with E-state index in [2.05, 4.69) is 42.0 Å². The van der Waals surface area contributed by atoms with E-state index in [0.717, 1.165) is 63.0 Å². The van der Waals surface area contributed by atoms with E-state index in [9.17, 15) is 14.4 Å². The fourth-order valence-corrected chi connectivity index (χ4v) is 6.62. The van der Waals surface area contributed by atoms with Crippen molar-refractivity contribution in [3.63, 3.8) is 0 Å². The van der Waals surface area contributed by atoms with Crippen molar-refractivity contribution in [2.24, 2.45) is 11.3 Å². The van der Waals surface area contributed by atoms with Gasteiger partial charge in [-0.15, -0.1) is 11.3 Å². The molecular formula is C27H34ClFN4OS. The molecule has 2 heterocycles. The summed E-state index contributed by atoms with van der Waals surface area (Å²) in [6.45, 7) is 11.1. The molecule has 1 unspecified atom stereocenters. The predicted octanol–water partition coefficient (Wildman–Crippen LogP) is 5.71. The molecule has 1 fully saturated rings. The number of nitriles is 1. The Morgan fingerprint density at radius 2 is 2.00 bits per heavy atom. The van der Waals surface area contributed by atoms with Crippen molar-refractivity contribution in [1.82, 2.24) is 9.80 Å². The first-order chi connectivity index (χ1) is 16.7. The van der Waals surface area contributed by atoms with Crippen molar-refractivity contribution < 1.29 is 9.18 Å². The minimum absolute atomic E-state index is 0.0655. The molecule has 1 atom stereocenters. The van der Waals surface area contributed by atoms with Crippen LogP contribution in [0.3, 0.4) is 0 Å². The minimum Gasteiger partial charge on any atom is -0.315 e. The molecular weight excluding hydrogens is 483 g/mol. The SMILES string of the molecule is CCC(C)(C)C1CCc2c(sc(NC(=O)CN3CCN(Cc4ccc(F)c(Cl)c4)CC3)c2C#N)C1. The molecule has 188 valence electrons. The zero-order valence-electron chi connectivity index (χ0n) is 20.8. The third kappa shape index (κ3) is 6.06. The molecule has 2 aliphatic rings. The van der Waals surface area contributed by atoms with Crippen LogP contribution in [-0.4, -0.2) is 48.4 Å². The van der Waals surface area contributed by atoms with Crippen LogP contribution >= 0.6 is 22.9 Å². The summed E-state index contributed by atoms with van der Waals surface area (Å²) in [7, 11) is 0. The van der Waals surface area contributed by atoms with Gasteiger partial charge in [0, 0.05) is 37.6 Å². The van der Waals surface area contributed by atoms with Crippen molar-refractivity contribution in [3.05, 3.63) is 50.6 Å². The second-order valence-electron chi connectivity index (χ2n) is 10.5. The molecule has 8 heteroatoms. The fourth-order valence-electron chi connectivity index (χ4n) is 5.12. The maximum absolute atomic E-state index is 13.4. The highest BCUT2D eigenvalue weighted by Crippen LogP contribution is 2.45. The van der Waals surface area contributed by atoms with Gasteiger partial charge in [-0.05, 0) is 53.9 Å². The van der Waals surface area contributed by atoms with Crippen molar-refractivity contribution >= 4 is 33.8 Å².